The molecule has 1 saturated carbocycles. The minimum absolute atomic E-state index is 0.0156. The highest BCUT2D eigenvalue weighted by atomic mass is 31.2. The molecule has 2 atom stereocenters. The summed E-state index contributed by atoms with van der Waals surface area (Å²) in [6.07, 6.45) is 4.65. The first kappa shape index (κ1) is 23.9. The Morgan fingerprint density at radius 3 is 2.48 bits per heavy atom. The van der Waals surface area contributed by atoms with Crippen molar-refractivity contribution in [1.29, 1.82) is 0 Å². The van der Waals surface area contributed by atoms with E-state index in [1.807, 2.05) is 30.3 Å². The predicted molar refractivity (Wildman–Crippen MR) is 115 cm³/mol. The molecule has 29 heavy (non-hydrogen) atoms. The largest absolute Gasteiger partial charge is 0.444 e. The zero-order valence-electron chi connectivity index (χ0n) is 17.9. The van der Waals surface area contributed by atoms with Gasteiger partial charge in [0.05, 0.1) is 18.9 Å². The van der Waals surface area contributed by atoms with Crippen LogP contribution in [0.1, 0.15) is 58.4 Å². The van der Waals surface area contributed by atoms with Gasteiger partial charge in [0.15, 0.2) is 0 Å². The standard InChI is InChI=1S/C22H36NO5P/c1-22(2,3)28-21(25)23-14-20(24)17-29(26,16-19-12-8-5-9-13-19)27-15-18-10-6-4-7-11-18/h4,6-7,10-11,19-20,24H,5,8-9,12-17H2,1-3H3,(H,23,25)/t20-,29?/m0/s1. The van der Waals surface area contributed by atoms with Crippen LogP contribution in [0.5, 0.6) is 0 Å². The number of nitrogens with one attached hydrogen (secondary N) is 1. The highest BCUT2D eigenvalue weighted by molar-refractivity contribution is 7.59. The van der Waals surface area contributed by atoms with Gasteiger partial charge < -0.3 is 19.7 Å². The lowest BCUT2D eigenvalue weighted by molar-refractivity contribution is 0.0497. The van der Waals surface area contributed by atoms with Crippen molar-refractivity contribution in [1.82, 2.24) is 5.32 Å². The van der Waals surface area contributed by atoms with Gasteiger partial charge in [-0.05, 0) is 45.1 Å². The van der Waals surface area contributed by atoms with Crippen LogP contribution in [-0.4, -0.2) is 41.8 Å². The van der Waals surface area contributed by atoms with Gasteiger partial charge in [0.1, 0.15) is 5.60 Å². The third-order valence-electron chi connectivity index (χ3n) is 4.94. The zero-order valence-corrected chi connectivity index (χ0v) is 18.8. The summed E-state index contributed by atoms with van der Waals surface area (Å²) in [6, 6.07) is 9.64. The van der Waals surface area contributed by atoms with Crippen LogP contribution >= 0.6 is 7.37 Å². The topological polar surface area (TPSA) is 84.9 Å². The van der Waals surface area contributed by atoms with E-state index in [9.17, 15) is 14.5 Å². The van der Waals surface area contributed by atoms with Gasteiger partial charge in [0.2, 0.25) is 7.37 Å². The second-order valence-corrected chi connectivity index (χ2v) is 11.6. The van der Waals surface area contributed by atoms with Crippen molar-refractivity contribution in [2.45, 2.75) is 71.2 Å². The van der Waals surface area contributed by atoms with Crippen LogP contribution in [-0.2, 0) is 20.4 Å². The van der Waals surface area contributed by atoms with Gasteiger partial charge in [-0.15, -0.1) is 0 Å². The molecular formula is C22H36NO5P. The van der Waals surface area contributed by atoms with Gasteiger partial charge >= 0.3 is 6.09 Å². The van der Waals surface area contributed by atoms with Crippen LogP contribution in [0.3, 0.4) is 0 Å². The van der Waals surface area contributed by atoms with E-state index in [2.05, 4.69) is 5.32 Å². The van der Waals surface area contributed by atoms with E-state index < -0.39 is 25.2 Å². The highest BCUT2D eigenvalue weighted by Crippen LogP contribution is 2.51. The Morgan fingerprint density at radius 1 is 1.21 bits per heavy atom. The Hall–Kier alpha value is -1.36. The SMILES string of the molecule is CC(C)(C)OC(=O)NC[C@H](O)CP(=O)(CC1CCCCC1)OCc1ccccc1. The summed E-state index contributed by atoms with van der Waals surface area (Å²) in [4.78, 5) is 11.8. The number of hydrogen-bond acceptors (Lipinski definition) is 5. The first-order chi connectivity index (χ1) is 13.7. The van der Waals surface area contributed by atoms with Crippen LogP contribution in [0.2, 0.25) is 0 Å². The molecule has 0 bridgehead atoms. The summed E-state index contributed by atoms with van der Waals surface area (Å²) in [7, 11) is -3.05. The lowest BCUT2D eigenvalue weighted by Crippen LogP contribution is -2.38. The fraction of sp³-hybridized carbons (Fsp3) is 0.682. The number of alkyl carbamates (subject to hydrolysis) is 1. The molecule has 1 fully saturated rings. The molecule has 6 nitrogen and oxygen atoms in total. The van der Waals surface area contributed by atoms with Crippen molar-refractivity contribution in [2.24, 2.45) is 5.92 Å². The van der Waals surface area contributed by atoms with Crippen molar-refractivity contribution in [2.75, 3.05) is 18.9 Å². The molecule has 1 aliphatic rings. The molecule has 0 saturated heterocycles. The van der Waals surface area contributed by atoms with Crippen molar-refractivity contribution in [3.8, 4) is 0 Å². The van der Waals surface area contributed by atoms with Crippen molar-refractivity contribution in [3.05, 3.63) is 35.9 Å². The maximum absolute atomic E-state index is 13.6. The molecule has 2 N–H and O–H groups in total. The number of benzene rings is 1. The second-order valence-electron chi connectivity index (χ2n) is 8.98. The maximum Gasteiger partial charge on any atom is 0.407 e. The smallest absolute Gasteiger partial charge is 0.407 e. The Balaban J connectivity index is 1.94. The van der Waals surface area contributed by atoms with Gasteiger partial charge in [0.25, 0.3) is 0 Å². The highest BCUT2D eigenvalue weighted by Gasteiger charge is 2.31. The quantitative estimate of drug-likeness (QED) is 0.547. The Kier molecular flexibility index (Phi) is 9.19. The number of rotatable bonds is 9. The third-order valence-corrected chi connectivity index (χ3v) is 7.59. The van der Waals surface area contributed by atoms with Gasteiger partial charge in [-0.3, -0.25) is 4.57 Å². The maximum atomic E-state index is 13.6. The van der Waals surface area contributed by atoms with Crippen LogP contribution in [0.4, 0.5) is 4.79 Å². The predicted octanol–water partition coefficient (Wildman–Crippen LogP) is 4.95. The first-order valence-electron chi connectivity index (χ1n) is 10.6. The van der Waals surface area contributed by atoms with E-state index in [0.717, 1.165) is 31.2 Å². The zero-order chi connectivity index (χ0) is 21.3. The lowest BCUT2D eigenvalue weighted by Gasteiger charge is -2.28. The minimum atomic E-state index is -3.05. The molecule has 1 aromatic carbocycles. The molecule has 2 rings (SSSR count). The summed E-state index contributed by atoms with van der Waals surface area (Å²) < 4.78 is 24.7. The monoisotopic (exact) mass is 425 g/mol. The van der Waals surface area contributed by atoms with Crippen LogP contribution in [0, 0.1) is 5.92 Å². The van der Waals surface area contributed by atoms with E-state index >= 15 is 0 Å². The number of aliphatic hydroxyl groups excluding tert-OH is 1. The molecule has 1 unspecified atom stereocenters. The van der Waals surface area contributed by atoms with E-state index in [4.69, 9.17) is 9.26 Å². The molecule has 1 amide bonds. The number of hydrogen-bond donors (Lipinski definition) is 2. The summed E-state index contributed by atoms with van der Waals surface area (Å²) >= 11 is 0. The second kappa shape index (κ2) is 11.1. The minimum Gasteiger partial charge on any atom is -0.444 e. The van der Waals surface area contributed by atoms with Gasteiger partial charge in [-0.25, -0.2) is 4.79 Å². The number of aliphatic hydroxyl groups is 1. The van der Waals surface area contributed by atoms with Gasteiger partial charge in [0, 0.05) is 12.7 Å². The molecule has 0 radical (unpaired) electrons. The number of ether oxygens (including phenoxy) is 1. The molecular weight excluding hydrogens is 389 g/mol. The van der Waals surface area contributed by atoms with Crippen molar-refractivity contribution in [3.63, 3.8) is 0 Å². The lowest BCUT2D eigenvalue weighted by atomic mass is 9.91. The van der Waals surface area contributed by atoms with Gasteiger partial charge in [-0.1, -0.05) is 49.6 Å². The fourth-order valence-electron chi connectivity index (χ4n) is 3.61. The van der Waals surface area contributed by atoms with Crippen molar-refractivity contribution < 1.29 is 23.7 Å². The molecule has 7 heteroatoms. The average molecular weight is 426 g/mol. The molecule has 0 heterocycles. The van der Waals surface area contributed by atoms with E-state index in [-0.39, 0.29) is 19.3 Å². The fourth-order valence-corrected chi connectivity index (χ4v) is 6.28. The third kappa shape index (κ3) is 9.79. The number of carbonyl (C=O) groups excluding carboxylic acids is 1. The molecule has 164 valence electrons. The average Bonchev–Trinajstić information content (AvgIpc) is 2.65. The number of carbonyl (C=O) groups is 1. The Morgan fingerprint density at radius 2 is 1.86 bits per heavy atom. The molecule has 1 aromatic rings. The summed E-state index contributed by atoms with van der Waals surface area (Å²) in [6.45, 7) is 5.58. The molecule has 0 aliphatic heterocycles. The van der Waals surface area contributed by atoms with E-state index in [0.29, 0.717) is 12.1 Å². The first-order valence-corrected chi connectivity index (χ1v) is 12.6. The van der Waals surface area contributed by atoms with Crippen LogP contribution in [0.15, 0.2) is 30.3 Å². The molecule has 0 aromatic heterocycles. The van der Waals surface area contributed by atoms with E-state index in [1.165, 1.54) is 6.42 Å². The Labute approximate surface area is 174 Å². The summed E-state index contributed by atoms with van der Waals surface area (Å²) in [5.41, 5.74) is 0.349. The van der Waals surface area contributed by atoms with Gasteiger partial charge in [-0.2, -0.15) is 0 Å². The molecule has 1 aliphatic carbocycles. The summed E-state index contributed by atoms with van der Waals surface area (Å²) in [5, 5.41) is 13.0. The molecule has 0 spiro atoms. The van der Waals surface area contributed by atoms with Crippen LogP contribution in [0.25, 0.3) is 0 Å². The van der Waals surface area contributed by atoms with Crippen molar-refractivity contribution >= 4 is 13.5 Å². The normalized spacial score (nSPS) is 18.6. The van der Waals surface area contributed by atoms with E-state index in [1.54, 1.807) is 20.8 Å². The Bertz CT molecular complexity index is 668. The number of amides is 1. The summed E-state index contributed by atoms with van der Waals surface area (Å²) in [5.74, 6) is 0.372. The van der Waals surface area contributed by atoms with Crippen LogP contribution < -0.4 is 5.32 Å².